The number of nitrogens with zero attached hydrogens (tertiary/aromatic N) is 1. The number of para-hydroxylation sites is 1. The molecule has 11 heteroatoms. The molecule has 0 aliphatic rings. The van der Waals surface area contributed by atoms with Gasteiger partial charge in [-0.1, -0.05) is 59.1 Å². The molecule has 1 amide bonds. The van der Waals surface area contributed by atoms with Crippen molar-refractivity contribution in [2.24, 2.45) is 0 Å². The summed E-state index contributed by atoms with van der Waals surface area (Å²) in [6.07, 6.45) is -0.672. The van der Waals surface area contributed by atoms with Crippen LogP contribution in [0.3, 0.4) is 0 Å². The largest absolute Gasteiger partial charge is 0.492 e. The Bertz CT molecular complexity index is 1250. The smallest absolute Gasteiger partial charge is 0.415 e. The predicted molar refractivity (Wildman–Crippen MR) is 158 cm³/mol. The van der Waals surface area contributed by atoms with Gasteiger partial charge in [-0.3, -0.25) is 0 Å². The lowest BCUT2D eigenvalue weighted by molar-refractivity contribution is -0.149. The predicted octanol–water partition coefficient (Wildman–Crippen LogP) is 7.17. The van der Waals surface area contributed by atoms with Gasteiger partial charge in [0.05, 0.1) is 18.2 Å². The molecule has 0 heterocycles. The molecule has 0 radical (unpaired) electrons. The Balaban J connectivity index is 1.53. The van der Waals surface area contributed by atoms with Gasteiger partial charge in [0, 0.05) is 36.2 Å². The van der Waals surface area contributed by atoms with Gasteiger partial charge in [0.15, 0.2) is 11.9 Å². The van der Waals surface area contributed by atoms with Crippen molar-refractivity contribution in [3.05, 3.63) is 92.9 Å². The van der Waals surface area contributed by atoms with Crippen LogP contribution in [0.5, 0.6) is 11.5 Å². The van der Waals surface area contributed by atoms with Crippen LogP contribution in [0.4, 0.5) is 4.79 Å². The molecule has 1 unspecified atom stereocenters. The zero-order chi connectivity index (χ0) is 29.6. The zero-order valence-corrected chi connectivity index (χ0v) is 24.8. The van der Waals surface area contributed by atoms with Crippen LogP contribution in [0, 0.1) is 0 Å². The molecule has 41 heavy (non-hydrogen) atoms. The molecule has 0 spiro atoms. The van der Waals surface area contributed by atoms with Gasteiger partial charge in [-0.15, -0.1) is 0 Å². The van der Waals surface area contributed by atoms with Crippen LogP contribution in [0.15, 0.2) is 66.7 Å². The van der Waals surface area contributed by atoms with E-state index in [0.717, 1.165) is 11.1 Å². The summed E-state index contributed by atoms with van der Waals surface area (Å²) < 4.78 is 22.4. The molecular formula is C30H32Cl3NO7. The van der Waals surface area contributed by atoms with Crippen LogP contribution in [0.2, 0.25) is 15.1 Å². The van der Waals surface area contributed by atoms with Crippen molar-refractivity contribution < 1.29 is 33.6 Å². The monoisotopic (exact) mass is 623 g/mol. The molecule has 0 aromatic heterocycles. The summed E-state index contributed by atoms with van der Waals surface area (Å²) in [6.45, 7) is 3.61. The zero-order valence-electron chi connectivity index (χ0n) is 22.6. The van der Waals surface area contributed by atoms with E-state index in [9.17, 15) is 14.7 Å². The van der Waals surface area contributed by atoms with E-state index in [-0.39, 0.29) is 25.3 Å². The summed E-state index contributed by atoms with van der Waals surface area (Å²) >= 11 is 18.2. The van der Waals surface area contributed by atoms with Gasteiger partial charge in [0.2, 0.25) is 0 Å². The van der Waals surface area contributed by atoms with Crippen LogP contribution in [0.1, 0.15) is 24.5 Å². The Labute approximate surface area is 254 Å². The Morgan fingerprint density at radius 3 is 2.27 bits per heavy atom. The molecule has 0 bridgehead atoms. The van der Waals surface area contributed by atoms with Crippen LogP contribution in [0.25, 0.3) is 0 Å². The highest BCUT2D eigenvalue weighted by Gasteiger charge is 2.19. The molecule has 0 aliphatic heterocycles. The van der Waals surface area contributed by atoms with E-state index < -0.39 is 18.2 Å². The summed E-state index contributed by atoms with van der Waals surface area (Å²) in [5.41, 5.74) is 1.66. The normalized spacial score (nSPS) is 11.6. The number of hydrogen-bond acceptors (Lipinski definition) is 6. The van der Waals surface area contributed by atoms with Crippen LogP contribution in [-0.4, -0.2) is 61.1 Å². The van der Waals surface area contributed by atoms with E-state index in [0.29, 0.717) is 53.6 Å². The third kappa shape index (κ3) is 11.4. The second kappa shape index (κ2) is 17.1. The summed E-state index contributed by atoms with van der Waals surface area (Å²) in [5.74, 6) is -0.156. The number of hydrogen-bond donors (Lipinski definition) is 1. The van der Waals surface area contributed by atoms with E-state index in [4.69, 9.17) is 53.8 Å². The van der Waals surface area contributed by atoms with Crippen LogP contribution < -0.4 is 9.47 Å². The minimum absolute atomic E-state index is 0.204. The summed E-state index contributed by atoms with van der Waals surface area (Å²) in [5, 5.41) is 10.7. The molecule has 0 saturated heterocycles. The van der Waals surface area contributed by atoms with E-state index in [1.165, 1.54) is 4.90 Å². The molecule has 220 valence electrons. The maximum absolute atomic E-state index is 13.0. The fourth-order valence-electron chi connectivity index (χ4n) is 3.85. The average molecular weight is 625 g/mol. The number of ether oxygens (including phenoxy) is 4. The molecule has 0 aliphatic carbocycles. The molecule has 1 N–H and O–H groups in total. The highest BCUT2D eigenvalue weighted by atomic mass is 35.5. The Kier molecular flexibility index (Phi) is 13.5. The van der Waals surface area contributed by atoms with Gasteiger partial charge in [-0.25, -0.2) is 9.59 Å². The van der Waals surface area contributed by atoms with Crippen molar-refractivity contribution >= 4 is 46.9 Å². The fourth-order valence-corrected chi connectivity index (χ4v) is 4.60. The molecule has 3 rings (SSSR count). The van der Waals surface area contributed by atoms with Crippen molar-refractivity contribution in [3.63, 3.8) is 0 Å². The summed E-state index contributed by atoms with van der Waals surface area (Å²) in [4.78, 5) is 25.8. The number of aliphatic carboxylic acids is 1. The summed E-state index contributed by atoms with van der Waals surface area (Å²) in [6, 6.07) is 19.1. The number of carboxylic acids is 1. The molecule has 0 saturated carbocycles. The van der Waals surface area contributed by atoms with Crippen molar-refractivity contribution in [2.45, 2.75) is 32.5 Å². The van der Waals surface area contributed by atoms with Gasteiger partial charge in [-0.05, 0) is 66.9 Å². The Hall–Kier alpha value is -3.01. The number of carboxylic acid groups (broad SMARTS) is 1. The fraction of sp³-hybridized carbons (Fsp3) is 0.333. The van der Waals surface area contributed by atoms with Crippen molar-refractivity contribution in [1.29, 1.82) is 0 Å². The minimum Gasteiger partial charge on any atom is -0.492 e. The second-order valence-electron chi connectivity index (χ2n) is 8.95. The first-order valence-electron chi connectivity index (χ1n) is 13.0. The highest BCUT2D eigenvalue weighted by molar-refractivity contribution is 6.34. The maximum atomic E-state index is 13.0. The van der Waals surface area contributed by atoms with Gasteiger partial charge < -0.3 is 29.0 Å². The number of amides is 1. The number of benzene rings is 3. The molecule has 3 aromatic carbocycles. The first-order valence-corrected chi connectivity index (χ1v) is 14.2. The number of rotatable bonds is 16. The van der Waals surface area contributed by atoms with Gasteiger partial charge >= 0.3 is 12.1 Å². The first-order chi connectivity index (χ1) is 19.7. The second-order valence-corrected chi connectivity index (χ2v) is 10.2. The number of carbonyl (C=O) groups excluding carboxylic acids is 1. The maximum Gasteiger partial charge on any atom is 0.415 e. The molecular weight excluding hydrogens is 593 g/mol. The lowest BCUT2D eigenvalue weighted by Crippen LogP contribution is -2.38. The SMILES string of the molecule is CCOC(Cc1ccc(OCCN(CCCOCc2cc(Cl)cc(Cl)c2)C(=O)Oc2ccccc2Cl)cc1)C(=O)O. The van der Waals surface area contributed by atoms with Crippen LogP contribution in [-0.2, 0) is 27.3 Å². The topological polar surface area (TPSA) is 94.5 Å². The number of halogens is 3. The van der Waals surface area contributed by atoms with E-state index in [1.54, 1.807) is 73.7 Å². The van der Waals surface area contributed by atoms with Gasteiger partial charge in [-0.2, -0.15) is 0 Å². The minimum atomic E-state index is -1.00. The van der Waals surface area contributed by atoms with Gasteiger partial charge in [0.25, 0.3) is 0 Å². The van der Waals surface area contributed by atoms with E-state index in [1.807, 2.05) is 0 Å². The molecule has 8 nitrogen and oxygen atoms in total. The van der Waals surface area contributed by atoms with Gasteiger partial charge in [0.1, 0.15) is 12.4 Å². The first kappa shape index (κ1) is 32.5. The summed E-state index contributed by atoms with van der Waals surface area (Å²) in [7, 11) is 0. The highest BCUT2D eigenvalue weighted by Crippen LogP contribution is 2.24. The number of carbonyl (C=O) groups is 2. The van der Waals surface area contributed by atoms with E-state index >= 15 is 0 Å². The lowest BCUT2D eigenvalue weighted by atomic mass is 10.1. The third-order valence-corrected chi connectivity index (χ3v) is 6.57. The quantitative estimate of drug-likeness (QED) is 0.169. The standard InChI is InChI=1S/C30H32Cl3NO7/c1-2-39-28(29(35)36)18-21-8-10-25(11-9-21)40-15-13-34(30(37)41-27-7-4-3-6-26(27)33)12-5-14-38-20-22-16-23(31)19-24(32)17-22/h3-4,6-11,16-17,19,28H,2,5,12-15,18,20H2,1H3,(H,35,36). The van der Waals surface area contributed by atoms with E-state index in [2.05, 4.69) is 0 Å². The van der Waals surface area contributed by atoms with Crippen LogP contribution >= 0.6 is 34.8 Å². The Morgan fingerprint density at radius 1 is 0.902 bits per heavy atom. The molecule has 3 aromatic rings. The van der Waals surface area contributed by atoms with Crippen molar-refractivity contribution in [1.82, 2.24) is 4.90 Å². The van der Waals surface area contributed by atoms with Crippen molar-refractivity contribution in [3.8, 4) is 11.5 Å². The molecule has 1 atom stereocenters. The van der Waals surface area contributed by atoms with Crippen molar-refractivity contribution in [2.75, 3.05) is 32.9 Å². The average Bonchev–Trinajstić information content (AvgIpc) is 2.93. The lowest BCUT2D eigenvalue weighted by Gasteiger charge is -2.22. The molecule has 0 fully saturated rings. The Morgan fingerprint density at radius 2 is 1.61 bits per heavy atom. The third-order valence-electron chi connectivity index (χ3n) is 5.82.